The average Bonchev–Trinajstić information content (AvgIpc) is 0.897. The molecule has 4 unspecified atom stereocenters. The number of pyridine rings is 4. The number of anilines is 1. The topological polar surface area (TPSA) is 584 Å². The van der Waals surface area contributed by atoms with Crippen molar-refractivity contribution in [3.05, 3.63) is 184 Å². The van der Waals surface area contributed by atoms with E-state index < -0.39 is 71.9 Å². The van der Waals surface area contributed by atoms with Gasteiger partial charge in [0.15, 0.2) is 0 Å². The molecular weight excluding hydrogens is 1510 g/mol. The first-order chi connectivity index (χ1) is 51.4. The quantitative estimate of drug-likeness (QED) is 0.0177. The number of benzene rings is 2. The van der Waals surface area contributed by atoms with Gasteiger partial charge < -0.3 is 113 Å². The summed E-state index contributed by atoms with van der Waals surface area (Å²) in [5.41, 5.74) is 3.28. The number of nitrogens with zero attached hydrogens (tertiary/aromatic N) is 4. The van der Waals surface area contributed by atoms with Gasteiger partial charge in [-0.15, -0.1) is 0 Å². The minimum absolute atomic E-state index is 0. The van der Waals surface area contributed by atoms with E-state index in [2.05, 4.69) is 118 Å². The van der Waals surface area contributed by atoms with Crippen molar-refractivity contribution in [1.29, 1.82) is 0 Å². The van der Waals surface area contributed by atoms with Gasteiger partial charge in [-0.25, -0.2) is 39.1 Å². The smallest absolute Gasteiger partial charge is 0.354 e. The standard InChI is InChI=1S/C24H24N4O6.C18H20N4O6.C16H21N3O5S2.C10H17N3O5S2.CH4/c29-22(30)16-9-7-15(8-10-16)11-19(26-14-18-4-2-6-21(28-18)24(33)34)13-25-12-17-3-1-5-20(27-17)23(31)32;23-16(24)7-13(20-10-12-4-2-6-15(22-12)18(27)28)9-19-8-11-3-1-5-14(21-11)17(25)26;20-13(18-11-3-1-10(2-4-11)16(23)24)6-5-12(19-15(22)9-26)7-17-14(21)8-25;14-7(13-10(17)18)2-1-6(12-9(16)5-20)3-11-8(15)4-19;/h1-10,19,25-26H,11-14H2,(H,29,30)(H,31,32)(H,33,34);1-6,13,19-20H,7-10H2,(H,23,24)(H,25,26)(H,27,28);1-4,12,25-26H,5-9H2,(H,17,21)(H,18,20)(H,19,22)(H,23,24);6,19-20H,1-5H2,(H,11,15)(H,12,16)(H,13,14)(H,17,18);1H4/p-4. The Bertz CT molecular complexity index is 4040. The molecule has 6 rings (SSSR count). The molecule has 2 aromatic carbocycles. The highest BCUT2D eigenvalue weighted by molar-refractivity contribution is 7.81. The number of carboxylic acids is 7. The zero-order valence-electron chi connectivity index (χ0n) is 57.3. The molecular formula is C69H82N14O22S4-4. The van der Waals surface area contributed by atoms with E-state index in [0.717, 1.165) is 5.56 Å². The van der Waals surface area contributed by atoms with Crippen LogP contribution in [0.4, 0.5) is 10.5 Å². The summed E-state index contributed by atoms with van der Waals surface area (Å²) in [4.78, 5) is 171. The Kier molecular flexibility index (Phi) is 44.8. The monoisotopic (exact) mass is 1590 g/mol. The number of carbonyl (C=O) groups excluding carboxylic acids is 10. The molecule has 4 aromatic heterocycles. The van der Waals surface area contributed by atoms with E-state index in [4.69, 9.17) is 20.4 Å². The van der Waals surface area contributed by atoms with Crippen molar-refractivity contribution in [1.82, 2.24) is 67.8 Å². The lowest BCUT2D eigenvalue weighted by molar-refractivity contribution is -0.306. The number of carbonyl (C=O) groups is 14. The zero-order chi connectivity index (χ0) is 80.1. The van der Waals surface area contributed by atoms with Gasteiger partial charge in [-0.1, -0.05) is 68.1 Å². The second-order valence-electron chi connectivity index (χ2n) is 22.6. The molecule has 0 aliphatic carbocycles. The van der Waals surface area contributed by atoms with E-state index in [9.17, 15) is 87.5 Å². The molecule has 36 nitrogen and oxygen atoms in total. The molecule has 588 valence electrons. The van der Waals surface area contributed by atoms with Gasteiger partial charge in [-0.3, -0.25) is 28.8 Å². The van der Waals surface area contributed by atoms with Crippen molar-refractivity contribution in [2.45, 2.75) is 96.3 Å². The summed E-state index contributed by atoms with van der Waals surface area (Å²) in [6.07, 6.45) is -0.996. The van der Waals surface area contributed by atoms with E-state index in [1.807, 2.05) is 0 Å². The SMILES string of the molecule is C.O=C(CS)NCC(CCC(=O)Nc1ccc(C(=O)[O-])cc1)NC(=O)CS.O=C([O-])CC(CNCc1cccc(C(=O)O)n1)NCc1cccc(C(=O)O)n1.O=C([O-])NC(=O)CCC(CNC(=O)CS)NC(=O)CS.O=C([O-])c1ccc(CC(CNCc2cccc(C(=O)O)n2)NCc2cccc(C(=O)O)n2)cc1. The van der Waals surface area contributed by atoms with Crippen LogP contribution in [0.2, 0.25) is 0 Å². The van der Waals surface area contributed by atoms with E-state index in [1.165, 1.54) is 60.7 Å². The van der Waals surface area contributed by atoms with E-state index >= 15 is 0 Å². The number of carboxylic acid groups (broad SMARTS) is 8. The fourth-order valence-corrected chi connectivity index (χ4v) is 9.42. The third-order valence-corrected chi connectivity index (χ3v) is 15.4. The first-order valence-corrected chi connectivity index (χ1v) is 34.8. The average molecular weight is 1590 g/mol. The van der Waals surface area contributed by atoms with Crippen LogP contribution in [-0.4, -0.2) is 197 Å². The van der Waals surface area contributed by atoms with Crippen molar-refractivity contribution in [3.8, 4) is 0 Å². The number of rotatable bonds is 41. The molecule has 4 atom stereocenters. The first-order valence-electron chi connectivity index (χ1n) is 32.2. The molecule has 4 heterocycles. The van der Waals surface area contributed by atoms with Crippen molar-refractivity contribution in [3.63, 3.8) is 0 Å². The number of thiol groups is 4. The van der Waals surface area contributed by atoms with Gasteiger partial charge >= 0.3 is 23.9 Å². The maximum absolute atomic E-state index is 12.0. The lowest BCUT2D eigenvalue weighted by Crippen LogP contribution is -2.46. The van der Waals surface area contributed by atoms with Crippen LogP contribution in [0.1, 0.15) is 131 Å². The number of aromatic nitrogens is 4. The maximum Gasteiger partial charge on any atom is 0.354 e. The van der Waals surface area contributed by atoms with Gasteiger partial charge in [0.05, 0.1) is 57.7 Å². The highest BCUT2D eigenvalue weighted by Gasteiger charge is 2.19. The molecule has 0 aliphatic rings. The number of imide groups is 1. The molecule has 0 saturated heterocycles. The second kappa shape index (κ2) is 52.0. The van der Waals surface area contributed by atoms with Gasteiger partial charge in [0, 0.05) is 107 Å². The minimum Gasteiger partial charge on any atom is -0.550 e. The summed E-state index contributed by atoms with van der Waals surface area (Å²) in [7, 11) is 0. The van der Waals surface area contributed by atoms with Crippen LogP contribution in [-0.2, 0) is 66.2 Å². The molecule has 109 heavy (non-hydrogen) atoms. The van der Waals surface area contributed by atoms with Gasteiger partial charge in [0.1, 0.15) is 28.9 Å². The highest BCUT2D eigenvalue weighted by Crippen LogP contribution is 2.13. The van der Waals surface area contributed by atoms with Gasteiger partial charge in [0.25, 0.3) is 0 Å². The number of hydrogen-bond donors (Lipinski definition) is 18. The molecule has 0 radical (unpaired) electrons. The fraction of sp³-hybridized carbons (Fsp3) is 0.333. The van der Waals surface area contributed by atoms with Crippen molar-refractivity contribution in [2.24, 2.45) is 0 Å². The molecule has 0 bridgehead atoms. The number of aliphatic carboxylic acids is 1. The molecule has 0 fully saturated rings. The lowest BCUT2D eigenvalue weighted by Gasteiger charge is -2.20. The highest BCUT2D eigenvalue weighted by atomic mass is 32.1. The predicted octanol–water partition coefficient (Wildman–Crippen LogP) is -2.46. The number of hydrogen-bond acceptors (Lipinski definition) is 30. The largest absolute Gasteiger partial charge is 0.550 e. The van der Waals surface area contributed by atoms with Crippen LogP contribution in [0, 0.1) is 0 Å². The number of aromatic carboxylic acids is 6. The maximum atomic E-state index is 12.0. The van der Waals surface area contributed by atoms with E-state index in [0.29, 0.717) is 60.9 Å². The van der Waals surface area contributed by atoms with Crippen LogP contribution >= 0.6 is 50.5 Å². The molecule has 0 aliphatic heterocycles. The lowest BCUT2D eigenvalue weighted by atomic mass is 10.0. The Hall–Kier alpha value is -11.1. The molecule has 0 spiro atoms. The Balaban J connectivity index is 0.000000500. The third kappa shape index (κ3) is 40.4. The van der Waals surface area contributed by atoms with Crippen molar-refractivity contribution in [2.75, 3.05) is 54.5 Å². The number of nitrogens with one attached hydrogen (secondary N) is 10. The minimum atomic E-state index is -1.69. The fourth-order valence-electron chi connectivity index (χ4n) is 9.01. The van der Waals surface area contributed by atoms with Crippen LogP contribution in [0.3, 0.4) is 0 Å². The summed E-state index contributed by atoms with van der Waals surface area (Å²) in [6, 6.07) is 29.1. The van der Waals surface area contributed by atoms with Crippen LogP contribution in [0.15, 0.2) is 121 Å². The van der Waals surface area contributed by atoms with Crippen molar-refractivity contribution >= 4 is 140 Å². The van der Waals surface area contributed by atoms with Gasteiger partial charge in [0.2, 0.25) is 35.4 Å². The Labute approximate surface area is 646 Å². The Morgan fingerprint density at radius 1 is 0.394 bits per heavy atom. The van der Waals surface area contributed by atoms with Crippen LogP contribution < -0.4 is 73.6 Å². The summed E-state index contributed by atoms with van der Waals surface area (Å²) in [5.74, 6) is -10.6. The summed E-state index contributed by atoms with van der Waals surface area (Å²) in [6.45, 7) is 2.08. The molecule has 40 heteroatoms. The summed E-state index contributed by atoms with van der Waals surface area (Å²) >= 11 is 15.3. The van der Waals surface area contributed by atoms with Crippen LogP contribution in [0.25, 0.3) is 0 Å². The Morgan fingerprint density at radius 3 is 1.09 bits per heavy atom. The van der Waals surface area contributed by atoms with Gasteiger partial charge in [-0.2, -0.15) is 50.5 Å². The van der Waals surface area contributed by atoms with Crippen LogP contribution in [0.5, 0.6) is 0 Å². The molecule has 6 aromatic rings. The third-order valence-electron chi connectivity index (χ3n) is 14.2. The molecule has 0 saturated carbocycles. The summed E-state index contributed by atoms with van der Waals surface area (Å²) < 4.78 is 0. The first kappa shape index (κ1) is 93.9. The number of amides is 7. The van der Waals surface area contributed by atoms with Gasteiger partial charge in [-0.05, 0) is 96.6 Å². The molecule has 7 amide bonds. The second-order valence-corrected chi connectivity index (χ2v) is 23.8. The van der Waals surface area contributed by atoms with Crippen molar-refractivity contribution < 1.29 is 108 Å². The van der Waals surface area contributed by atoms with E-state index in [-0.39, 0.29) is 158 Å². The Morgan fingerprint density at radius 2 is 0.743 bits per heavy atom. The summed E-state index contributed by atoms with van der Waals surface area (Å²) in [5, 5.41) is 106. The zero-order valence-corrected chi connectivity index (χ0v) is 60.9. The normalized spacial score (nSPS) is 11.4. The molecule has 14 N–H and O–H groups in total. The predicted molar refractivity (Wildman–Crippen MR) is 397 cm³/mol. The van der Waals surface area contributed by atoms with E-state index in [1.54, 1.807) is 66.0 Å².